The summed E-state index contributed by atoms with van der Waals surface area (Å²) in [6.07, 6.45) is 1.26. The fraction of sp³-hybridized carbons (Fsp3) is 0.0625. The molecule has 3 aromatic rings. The second kappa shape index (κ2) is 7.21. The summed E-state index contributed by atoms with van der Waals surface area (Å²) in [5.41, 5.74) is 3.45. The molecule has 0 atom stereocenters. The summed E-state index contributed by atoms with van der Waals surface area (Å²) < 4.78 is 0. The highest BCUT2D eigenvalue weighted by Crippen LogP contribution is 2.20. The van der Waals surface area contributed by atoms with Crippen LogP contribution in [0.2, 0.25) is 0 Å². The number of carbonyl (C=O) groups is 1. The molecule has 1 aromatic heterocycles. The molecule has 0 saturated heterocycles. The van der Waals surface area contributed by atoms with E-state index < -0.39 is 5.91 Å². The van der Waals surface area contributed by atoms with Crippen molar-refractivity contribution in [2.75, 3.05) is 0 Å². The summed E-state index contributed by atoms with van der Waals surface area (Å²) >= 11 is 0. The van der Waals surface area contributed by atoms with Crippen molar-refractivity contribution in [3.05, 3.63) is 54.1 Å². The maximum Gasteiger partial charge on any atom is 0.263 e. The standard InChI is InChI=1S/C16H14N6O3/c23-13-7-6-12(14(24)8-13)9-17-18-15(25)10-22-20-16(19-21-22)11-4-2-1-3-5-11/h1-9,23-24H,10H2,(H,18,25). The number of carbonyl (C=O) groups excluding carboxylic acids is 1. The van der Waals surface area contributed by atoms with E-state index in [1.807, 2.05) is 30.3 Å². The number of benzene rings is 2. The van der Waals surface area contributed by atoms with Crippen LogP contribution in [-0.4, -0.2) is 42.5 Å². The van der Waals surface area contributed by atoms with Crippen LogP contribution in [0.5, 0.6) is 11.5 Å². The highest BCUT2D eigenvalue weighted by Gasteiger charge is 2.08. The van der Waals surface area contributed by atoms with Gasteiger partial charge < -0.3 is 10.2 Å². The molecule has 0 aliphatic carbocycles. The number of hydrogen-bond acceptors (Lipinski definition) is 7. The number of aromatic nitrogens is 4. The number of amides is 1. The van der Waals surface area contributed by atoms with E-state index in [9.17, 15) is 15.0 Å². The smallest absolute Gasteiger partial charge is 0.263 e. The summed E-state index contributed by atoms with van der Waals surface area (Å²) in [6, 6.07) is 13.3. The molecule has 3 N–H and O–H groups in total. The highest BCUT2D eigenvalue weighted by molar-refractivity contribution is 5.85. The van der Waals surface area contributed by atoms with Gasteiger partial charge in [0.2, 0.25) is 5.82 Å². The lowest BCUT2D eigenvalue weighted by Gasteiger charge is -2.00. The summed E-state index contributed by atoms with van der Waals surface area (Å²) in [4.78, 5) is 13.0. The summed E-state index contributed by atoms with van der Waals surface area (Å²) in [5.74, 6) is -0.244. The molecule has 2 aromatic carbocycles. The first-order chi connectivity index (χ1) is 12.1. The van der Waals surface area contributed by atoms with E-state index in [0.717, 1.165) is 10.4 Å². The van der Waals surface area contributed by atoms with Crippen LogP contribution < -0.4 is 5.43 Å². The fourth-order valence-corrected chi connectivity index (χ4v) is 1.99. The van der Waals surface area contributed by atoms with Gasteiger partial charge in [0.1, 0.15) is 18.0 Å². The average Bonchev–Trinajstić information content (AvgIpc) is 3.06. The van der Waals surface area contributed by atoms with E-state index in [-0.39, 0.29) is 18.0 Å². The number of hydrazone groups is 1. The Morgan fingerprint density at radius 1 is 1.20 bits per heavy atom. The van der Waals surface area contributed by atoms with Crippen LogP contribution in [0.15, 0.2) is 53.6 Å². The van der Waals surface area contributed by atoms with Crippen molar-refractivity contribution in [3.8, 4) is 22.9 Å². The Balaban J connectivity index is 1.58. The lowest BCUT2D eigenvalue weighted by atomic mass is 10.2. The third-order valence-electron chi connectivity index (χ3n) is 3.18. The van der Waals surface area contributed by atoms with Crippen LogP contribution in [-0.2, 0) is 11.3 Å². The largest absolute Gasteiger partial charge is 0.508 e. The molecule has 126 valence electrons. The van der Waals surface area contributed by atoms with Gasteiger partial charge in [-0.1, -0.05) is 30.3 Å². The third kappa shape index (κ3) is 4.16. The normalized spacial score (nSPS) is 10.9. The van der Waals surface area contributed by atoms with Crippen LogP contribution in [0.3, 0.4) is 0 Å². The van der Waals surface area contributed by atoms with Gasteiger partial charge in [-0.2, -0.15) is 9.90 Å². The third-order valence-corrected chi connectivity index (χ3v) is 3.18. The Morgan fingerprint density at radius 3 is 2.76 bits per heavy atom. The average molecular weight is 338 g/mol. The molecule has 0 saturated carbocycles. The van der Waals surface area contributed by atoms with Crippen molar-refractivity contribution in [1.29, 1.82) is 0 Å². The minimum absolute atomic E-state index is 0.0647. The topological polar surface area (TPSA) is 126 Å². The zero-order valence-electron chi connectivity index (χ0n) is 12.9. The maximum atomic E-state index is 11.8. The predicted molar refractivity (Wildman–Crippen MR) is 88.8 cm³/mol. The van der Waals surface area contributed by atoms with Gasteiger partial charge in [0, 0.05) is 17.2 Å². The van der Waals surface area contributed by atoms with Gasteiger partial charge in [-0.15, -0.1) is 10.2 Å². The van der Waals surface area contributed by atoms with E-state index >= 15 is 0 Å². The molecule has 1 amide bonds. The number of nitrogens with one attached hydrogen (secondary N) is 1. The molecule has 0 unspecified atom stereocenters. The van der Waals surface area contributed by atoms with Gasteiger partial charge in [0.25, 0.3) is 5.91 Å². The van der Waals surface area contributed by atoms with Crippen LogP contribution in [0, 0.1) is 0 Å². The van der Waals surface area contributed by atoms with Crippen molar-refractivity contribution in [1.82, 2.24) is 25.6 Å². The van der Waals surface area contributed by atoms with E-state index in [0.29, 0.717) is 11.4 Å². The molecule has 3 rings (SSSR count). The number of phenols is 2. The fourth-order valence-electron chi connectivity index (χ4n) is 1.99. The van der Waals surface area contributed by atoms with Gasteiger partial charge in [0.05, 0.1) is 6.21 Å². The van der Waals surface area contributed by atoms with E-state index in [1.54, 1.807) is 0 Å². The number of tetrazole rings is 1. The Kier molecular flexibility index (Phi) is 4.65. The quantitative estimate of drug-likeness (QED) is 0.469. The number of nitrogens with zero attached hydrogens (tertiary/aromatic N) is 5. The van der Waals surface area contributed by atoms with Crippen LogP contribution in [0.25, 0.3) is 11.4 Å². The number of rotatable bonds is 5. The number of aromatic hydroxyl groups is 2. The van der Waals surface area contributed by atoms with Crippen molar-refractivity contribution in [2.24, 2.45) is 5.10 Å². The van der Waals surface area contributed by atoms with Gasteiger partial charge >= 0.3 is 0 Å². The molecule has 0 bridgehead atoms. The molecular formula is C16H14N6O3. The Labute approximate surface area is 142 Å². The zero-order chi connectivity index (χ0) is 17.6. The van der Waals surface area contributed by atoms with E-state index in [4.69, 9.17) is 0 Å². The molecule has 25 heavy (non-hydrogen) atoms. The Morgan fingerprint density at radius 2 is 2.00 bits per heavy atom. The first-order valence-corrected chi connectivity index (χ1v) is 7.29. The van der Waals surface area contributed by atoms with Crippen LogP contribution in [0.4, 0.5) is 0 Å². The van der Waals surface area contributed by atoms with Gasteiger partial charge in [-0.25, -0.2) is 5.43 Å². The van der Waals surface area contributed by atoms with Crippen LogP contribution in [0.1, 0.15) is 5.56 Å². The van der Waals surface area contributed by atoms with Crippen LogP contribution >= 0.6 is 0 Å². The molecule has 9 heteroatoms. The minimum atomic E-state index is -0.452. The second-order valence-electron chi connectivity index (χ2n) is 5.05. The van der Waals surface area contributed by atoms with Crippen molar-refractivity contribution >= 4 is 12.1 Å². The monoisotopic (exact) mass is 338 g/mol. The van der Waals surface area contributed by atoms with Crippen molar-refractivity contribution in [2.45, 2.75) is 6.54 Å². The highest BCUT2D eigenvalue weighted by atomic mass is 16.3. The lowest BCUT2D eigenvalue weighted by Crippen LogP contribution is -2.24. The lowest BCUT2D eigenvalue weighted by molar-refractivity contribution is -0.122. The first-order valence-electron chi connectivity index (χ1n) is 7.29. The number of hydrogen-bond donors (Lipinski definition) is 3. The maximum absolute atomic E-state index is 11.8. The van der Waals surface area contributed by atoms with Crippen molar-refractivity contribution in [3.63, 3.8) is 0 Å². The molecule has 0 spiro atoms. The molecule has 0 radical (unpaired) electrons. The van der Waals surface area contributed by atoms with Crippen molar-refractivity contribution < 1.29 is 15.0 Å². The summed E-state index contributed by atoms with van der Waals surface area (Å²) in [5, 5.41) is 34.4. The predicted octanol–water partition coefficient (Wildman–Crippen LogP) is 0.902. The van der Waals surface area contributed by atoms with Gasteiger partial charge in [-0.3, -0.25) is 4.79 Å². The summed E-state index contributed by atoms with van der Waals surface area (Å²) in [6.45, 7) is -0.154. The Hall–Kier alpha value is -3.75. The molecule has 0 aliphatic rings. The first kappa shape index (κ1) is 16.1. The zero-order valence-corrected chi connectivity index (χ0v) is 12.9. The molecule has 0 fully saturated rings. The van der Waals surface area contributed by atoms with E-state index in [1.165, 1.54) is 24.4 Å². The SMILES string of the molecule is O=C(Cn1nnc(-c2ccccc2)n1)NN=Cc1ccc(O)cc1O. The van der Waals surface area contributed by atoms with E-state index in [2.05, 4.69) is 25.9 Å². The molecule has 1 heterocycles. The number of phenolic OH excluding ortho intramolecular Hbond substituents is 2. The molecule has 0 aliphatic heterocycles. The molecule has 9 nitrogen and oxygen atoms in total. The van der Waals surface area contributed by atoms with Gasteiger partial charge in [-0.05, 0) is 17.3 Å². The molecular weight excluding hydrogens is 324 g/mol. The second-order valence-corrected chi connectivity index (χ2v) is 5.05. The van der Waals surface area contributed by atoms with Gasteiger partial charge in [0.15, 0.2) is 0 Å². The summed E-state index contributed by atoms with van der Waals surface area (Å²) in [7, 11) is 0. The Bertz CT molecular complexity index is 907. The minimum Gasteiger partial charge on any atom is -0.508 e.